The van der Waals surface area contributed by atoms with Gasteiger partial charge >= 0.3 is 0 Å². The van der Waals surface area contributed by atoms with Crippen molar-refractivity contribution in [1.82, 2.24) is 9.78 Å². The van der Waals surface area contributed by atoms with Gasteiger partial charge in [0.25, 0.3) is 5.56 Å². The molecule has 1 heterocycles. The zero-order valence-electron chi connectivity index (χ0n) is 8.12. The maximum absolute atomic E-state index is 12.7. The molecule has 0 unspecified atom stereocenters. The smallest absolute Gasteiger partial charge is 0.276 e. The Kier molecular flexibility index (Phi) is 2.07. The monoisotopic (exact) mass is 207 g/mol. The summed E-state index contributed by atoms with van der Waals surface area (Å²) in [7, 11) is 1.58. The van der Waals surface area contributed by atoms with Crippen LogP contribution >= 0.6 is 0 Å². The number of H-pyrrole nitrogens is 1. The van der Waals surface area contributed by atoms with Crippen LogP contribution in [0.2, 0.25) is 0 Å². The van der Waals surface area contributed by atoms with Gasteiger partial charge in [-0.1, -0.05) is 12.1 Å². The lowest BCUT2D eigenvalue weighted by atomic mass is 10.1. The highest BCUT2D eigenvalue weighted by atomic mass is 19.1. The third kappa shape index (κ3) is 1.52. The number of nitrogens with two attached hydrogens (primary N) is 1. The average molecular weight is 207 g/mol. The topological polar surface area (TPSA) is 63.8 Å². The summed E-state index contributed by atoms with van der Waals surface area (Å²) in [5.41, 5.74) is 6.40. The van der Waals surface area contributed by atoms with Gasteiger partial charge in [-0.05, 0) is 17.7 Å². The summed E-state index contributed by atoms with van der Waals surface area (Å²) in [4.78, 5) is 11.6. The summed E-state index contributed by atoms with van der Waals surface area (Å²) in [6, 6.07) is 5.63. The van der Waals surface area contributed by atoms with Gasteiger partial charge in [-0.15, -0.1) is 0 Å². The standard InChI is InChI=1S/C10H10FN3O/c1-14-10(15)8(9(12)13-14)6-2-4-7(11)5-3-6/h2-5,13H,12H2,1H3. The second kappa shape index (κ2) is 3.27. The minimum Gasteiger partial charge on any atom is -0.383 e. The van der Waals surface area contributed by atoms with E-state index in [4.69, 9.17) is 5.73 Å². The van der Waals surface area contributed by atoms with Crippen LogP contribution in [0.1, 0.15) is 0 Å². The highest BCUT2D eigenvalue weighted by molar-refractivity contribution is 5.72. The Balaban J connectivity index is 2.64. The van der Waals surface area contributed by atoms with Gasteiger partial charge in [0.15, 0.2) is 0 Å². The SMILES string of the molecule is Cn1[nH]c(N)c(-c2ccc(F)cc2)c1=O. The Morgan fingerprint density at radius 1 is 1.33 bits per heavy atom. The van der Waals surface area contributed by atoms with E-state index < -0.39 is 0 Å². The van der Waals surface area contributed by atoms with Crippen LogP contribution in [0.25, 0.3) is 11.1 Å². The molecule has 1 aromatic carbocycles. The molecule has 78 valence electrons. The van der Waals surface area contributed by atoms with Crippen LogP contribution in [0.15, 0.2) is 29.1 Å². The minimum atomic E-state index is -0.343. The normalized spacial score (nSPS) is 10.5. The lowest BCUT2D eigenvalue weighted by Gasteiger charge is -1.96. The lowest BCUT2D eigenvalue weighted by molar-refractivity contribution is 0.628. The Labute approximate surface area is 85.1 Å². The highest BCUT2D eigenvalue weighted by Crippen LogP contribution is 2.20. The molecule has 15 heavy (non-hydrogen) atoms. The van der Waals surface area contributed by atoms with Crippen LogP contribution in [-0.4, -0.2) is 9.78 Å². The van der Waals surface area contributed by atoms with E-state index in [0.29, 0.717) is 11.1 Å². The van der Waals surface area contributed by atoms with E-state index in [9.17, 15) is 9.18 Å². The van der Waals surface area contributed by atoms with Gasteiger partial charge in [0.1, 0.15) is 11.6 Å². The number of aromatic amines is 1. The largest absolute Gasteiger partial charge is 0.383 e. The summed E-state index contributed by atoms with van der Waals surface area (Å²) in [6.45, 7) is 0. The second-order valence-corrected chi connectivity index (χ2v) is 3.27. The van der Waals surface area contributed by atoms with Gasteiger partial charge in [0.05, 0.1) is 5.56 Å². The van der Waals surface area contributed by atoms with Gasteiger partial charge in [0.2, 0.25) is 0 Å². The fourth-order valence-electron chi connectivity index (χ4n) is 1.47. The molecule has 0 saturated heterocycles. The van der Waals surface area contributed by atoms with Crippen LogP contribution < -0.4 is 11.3 Å². The summed E-state index contributed by atoms with van der Waals surface area (Å²) < 4.78 is 14.0. The molecule has 0 radical (unpaired) electrons. The third-order valence-corrected chi connectivity index (χ3v) is 2.21. The molecule has 0 spiro atoms. The van der Waals surface area contributed by atoms with Crippen molar-refractivity contribution in [3.8, 4) is 11.1 Å². The molecule has 0 aliphatic heterocycles. The Morgan fingerprint density at radius 2 is 1.93 bits per heavy atom. The number of nitrogens with one attached hydrogen (secondary N) is 1. The van der Waals surface area contributed by atoms with Gasteiger partial charge < -0.3 is 5.73 Å². The lowest BCUT2D eigenvalue weighted by Crippen LogP contribution is -2.13. The fraction of sp³-hybridized carbons (Fsp3) is 0.100. The van der Waals surface area contributed by atoms with Crippen LogP contribution in [0.5, 0.6) is 0 Å². The number of rotatable bonds is 1. The first kappa shape index (κ1) is 9.51. The van der Waals surface area contributed by atoms with Gasteiger partial charge in [0, 0.05) is 7.05 Å². The van der Waals surface area contributed by atoms with Crippen molar-refractivity contribution in [2.24, 2.45) is 7.05 Å². The van der Waals surface area contributed by atoms with Crippen molar-refractivity contribution in [3.63, 3.8) is 0 Å². The maximum Gasteiger partial charge on any atom is 0.276 e. The van der Waals surface area contributed by atoms with Crippen molar-refractivity contribution in [2.45, 2.75) is 0 Å². The number of aryl methyl sites for hydroxylation is 1. The van der Waals surface area contributed by atoms with Crippen molar-refractivity contribution in [2.75, 3.05) is 5.73 Å². The predicted molar refractivity (Wildman–Crippen MR) is 55.8 cm³/mol. The summed E-state index contributed by atoms with van der Waals surface area (Å²) in [5.74, 6) is -0.0567. The maximum atomic E-state index is 12.7. The number of nitrogen functional groups attached to an aromatic ring is 1. The first-order chi connectivity index (χ1) is 7.09. The van der Waals surface area contributed by atoms with E-state index in [-0.39, 0.29) is 17.2 Å². The van der Waals surface area contributed by atoms with Crippen LogP contribution in [0, 0.1) is 5.82 Å². The first-order valence-corrected chi connectivity index (χ1v) is 4.40. The molecule has 3 N–H and O–H groups in total. The van der Waals surface area contributed by atoms with Gasteiger partial charge in [-0.25, -0.2) is 4.39 Å². The van der Waals surface area contributed by atoms with E-state index in [1.54, 1.807) is 7.05 Å². The summed E-state index contributed by atoms with van der Waals surface area (Å²) in [5, 5.41) is 2.68. The zero-order chi connectivity index (χ0) is 11.0. The third-order valence-electron chi connectivity index (χ3n) is 2.21. The number of aromatic nitrogens is 2. The van der Waals surface area contributed by atoms with Crippen LogP contribution in [0.3, 0.4) is 0 Å². The Hall–Kier alpha value is -2.04. The van der Waals surface area contributed by atoms with Crippen LogP contribution in [0.4, 0.5) is 10.2 Å². The quantitative estimate of drug-likeness (QED) is 0.735. The molecule has 0 fully saturated rings. The van der Waals surface area contributed by atoms with E-state index in [2.05, 4.69) is 5.10 Å². The first-order valence-electron chi connectivity index (χ1n) is 4.40. The average Bonchev–Trinajstić information content (AvgIpc) is 2.44. The predicted octanol–water partition coefficient (Wildman–Crippen LogP) is 1.10. The Morgan fingerprint density at radius 3 is 2.40 bits per heavy atom. The zero-order valence-corrected chi connectivity index (χ0v) is 8.12. The van der Waals surface area contributed by atoms with E-state index in [1.807, 2.05) is 0 Å². The molecular formula is C10H10FN3O. The molecule has 0 aliphatic carbocycles. The van der Waals surface area contributed by atoms with E-state index in [1.165, 1.54) is 28.9 Å². The summed E-state index contributed by atoms with van der Waals surface area (Å²) >= 11 is 0. The van der Waals surface area contributed by atoms with Crippen molar-refractivity contribution in [1.29, 1.82) is 0 Å². The molecule has 0 bridgehead atoms. The van der Waals surface area contributed by atoms with Crippen molar-refractivity contribution >= 4 is 5.82 Å². The van der Waals surface area contributed by atoms with Gasteiger partial charge in [-0.2, -0.15) is 0 Å². The number of hydrogen-bond acceptors (Lipinski definition) is 2. The van der Waals surface area contributed by atoms with Gasteiger partial charge in [-0.3, -0.25) is 14.6 Å². The molecular weight excluding hydrogens is 197 g/mol. The number of halogens is 1. The molecule has 2 aromatic rings. The number of benzene rings is 1. The van der Waals surface area contributed by atoms with E-state index >= 15 is 0 Å². The van der Waals surface area contributed by atoms with Crippen molar-refractivity contribution in [3.05, 3.63) is 40.4 Å². The number of hydrogen-bond donors (Lipinski definition) is 2. The van der Waals surface area contributed by atoms with E-state index in [0.717, 1.165) is 0 Å². The highest BCUT2D eigenvalue weighted by Gasteiger charge is 2.11. The molecule has 5 heteroatoms. The minimum absolute atomic E-state index is 0.223. The number of nitrogens with zero attached hydrogens (tertiary/aromatic N) is 1. The summed E-state index contributed by atoms with van der Waals surface area (Å²) in [6.07, 6.45) is 0. The number of anilines is 1. The molecule has 1 aromatic heterocycles. The molecule has 0 aliphatic rings. The molecule has 2 rings (SSSR count). The molecule has 0 saturated carbocycles. The second-order valence-electron chi connectivity index (χ2n) is 3.27. The van der Waals surface area contributed by atoms with Crippen LogP contribution in [-0.2, 0) is 7.05 Å². The molecule has 4 nitrogen and oxygen atoms in total. The fourth-order valence-corrected chi connectivity index (χ4v) is 1.47. The Bertz CT molecular complexity index is 539. The van der Waals surface area contributed by atoms with Crippen molar-refractivity contribution < 1.29 is 4.39 Å². The molecule has 0 atom stereocenters. The molecule has 0 amide bonds.